The van der Waals surface area contributed by atoms with E-state index in [4.69, 9.17) is 9.47 Å². The summed E-state index contributed by atoms with van der Waals surface area (Å²) < 4.78 is 11.1. The van der Waals surface area contributed by atoms with Gasteiger partial charge in [0.05, 0.1) is 11.7 Å². The SMILES string of the molecule is CCC(c1ccccc1C(=O)O)[C@@H]1C[C@@H](C)C(OC(C)=O)O1. The lowest BCUT2D eigenvalue weighted by molar-refractivity contribution is -0.179. The number of carboxylic acid groups (broad SMARTS) is 1. The molecule has 0 radical (unpaired) electrons. The van der Waals surface area contributed by atoms with Gasteiger partial charge in [-0.1, -0.05) is 32.0 Å². The van der Waals surface area contributed by atoms with E-state index in [-0.39, 0.29) is 23.9 Å². The van der Waals surface area contributed by atoms with Crippen LogP contribution < -0.4 is 0 Å². The van der Waals surface area contributed by atoms with Crippen molar-refractivity contribution < 1.29 is 24.2 Å². The van der Waals surface area contributed by atoms with Crippen molar-refractivity contribution in [3.05, 3.63) is 35.4 Å². The molecule has 2 rings (SSSR count). The first-order valence-corrected chi connectivity index (χ1v) is 7.58. The molecule has 1 N–H and O–H groups in total. The van der Waals surface area contributed by atoms with Crippen molar-refractivity contribution in [1.29, 1.82) is 0 Å². The highest BCUT2D eigenvalue weighted by Gasteiger charge is 2.39. The van der Waals surface area contributed by atoms with Gasteiger partial charge in [-0.3, -0.25) is 4.79 Å². The Labute approximate surface area is 130 Å². The summed E-state index contributed by atoms with van der Waals surface area (Å²) in [5.74, 6) is -1.23. The zero-order valence-electron chi connectivity index (χ0n) is 13.1. The molecule has 22 heavy (non-hydrogen) atoms. The molecule has 0 aromatic heterocycles. The Kier molecular flexibility index (Phi) is 5.19. The minimum atomic E-state index is -0.934. The summed E-state index contributed by atoms with van der Waals surface area (Å²) in [6.07, 6.45) is 0.803. The van der Waals surface area contributed by atoms with Crippen LogP contribution in [-0.4, -0.2) is 29.4 Å². The molecule has 0 aliphatic carbocycles. The lowest BCUT2D eigenvalue weighted by Gasteiger charge is -2.24. The van der Waals surface area contributed by atoms with Gasteiger partial charge >= 0.3 is 11.9 Å². The minimum Gasteiger partial charge on any atom is -0.478 e. The molecule has 120 valence electrons. The molecule has 1 aromatic carbocycles. The molecule has 2 unspecified atom stereocenters. The average molecular weight is 306 g/mol. The van der Waals surface area contributed by atoms with Crippen LogP contribution in [-0.2, 0) is 14.3 Å². The van der Waals surface area contributed by atoms with Gasteiger partial charge in [0.25, 0.3) is 0 Å². The van der Waals surface area contributed by atoms with Crippen molar-refractivity contribution in [3.8, 4) is 0 Å². The van der Waals surface area contributed by atoms with Gasteiger partial charge in [0.15, 0.2) is 0 Å². The number of aromatic carboxylic acids is 1. The monoisotopic (exact) mass is 306 g/mol. The molecule has 5 nitrogen and oxygen atoms in total. The fourth-order valence-electron chi connectivity index (χ4n) is 3.10. The average Bonchev–Trinajstić information content (AvgIpc) is 2.80. The van der Waals surface area contributed by atoms with Crippen LogP contribution in [0.2, 0.25) is 0 Å². The molecule has 4 atom stereocenters. The number of hydrogen-bond acceptors (Lipinski definition) is 4. The van der Waals surface area contributed by atoms with E-state index in [9.17, 15) is 14.7 Å². The van der Waals surface area contributed by atoms with Crippen LogP contribution in [0.4, 0.5) is 0 Å². The summed E-state index contributed by atoms with van der Waals surface area (Å²) in [5.41, 5.74) is 1.08. The van der Waals surface area contributed by atoms with Crippen LogP contribution in [0.5, 0.6) is 0 Å². The number of esters is 1. The number of carbonyl (C=O) groups is 2. The Balaban J connectivity index is 2.23. The molecular formula is C17H22O5. The predicted octanol–water partition coefficient (Wildman–Crippen LogP) is 3.19. The van der Waals surface area contributed by atoms with E-state index in [2.05, 4.69) is 0 Å². The summed E-state index contributed by atoms with van der Waals surface area (Å²) in [4.78, 5) is 22.5. The van der Waals surface area contributed by atoms with Crippen molar-refractivity contribution in [2.75, 3.05) is 0 Å². The third kappa shape index (κ3) is 3.47. The van der Waals surface area contributed by atoms with Crippen LogP contribution in [0.3, 0.4) is 0 Å². The normalized spacial score (nSPS) is 25.7. The van der Waals surface area contributed by atoms with Crippen molar-refractivity contribution in [1.82, 2.24) is 0 Å². The van der Waals surface area contributed by atoms with Crippen LogP contribution in [0.1, 0.15) is 55.5 Å². The number of carboxylic acids is 1. The molecule has 1 fully saturated rings. The van der Waals surface area contributed by atoms with Crippen LogP contribution in [0.25, 0.3) is 0 Å². The van der Waals surface area contributed by atoms with Gasteiger partial charge < -0.3 is 14.6 Å². The van der Waals surface area contributed by atoms with Gasteiger partial charge in [0, 0.05) is 18.8 Å². The van der Waals surface area contributed by atoms with E-state index in [1.54, 1.807) is 12.1 Å². The smallest absolute Gasteiger partial charge is 0.335 e. The summed E-state index contributed by atoms with van der Waals surface area (Å²) in [5, 5.41) is 9.37. The maximum atomic E-state index is 11.4. The third-order valence-corrected chi connectivity index (χ3v) is 4.14. The van der Waals surface area contributed by atoms with E-state index < -0.39 is 12.3 Å². The second-order valence-electron chi connectivity index (χ2n) is 5.77. The molecule has 1 aliphatic rings. The van der Waals surface area contributed by atoms with Crippen LogP contribution in [0, 0.1) is 5.92 Å². The number of hydrogen-bond donors (Lipinski definition) is 1. The van der Waals surface area contributed by atoms with E-state index in [0.29, 0.717) is 5.56 Å². The highest BCUT2D eigenvalue weighted by Crippen LogP contribution is 2.38. The molecular weight excluding hydrogens is 284 g/mol. The Hall–Kier alpha value is -1.88. The molecule has 0 amide bonds. The van der Waals surface area contributed by atoms with E-state index >= 15 is 0 Å². The molecule has 1 saturated heterocycles. The highest BCUT2D eigenvalue weighted by molar-refractivity contribution is 5.89. The van der Waals surface area contributed by atoms with Crippen molar-refractivity contribution >= 4 is 11.9 Å². The summed E-state index contributed by atoms with van der Waals surface area (Å²) >= 11 is 0. The fraction of sp³-hybridized carbons (Fsp3) is 0.529. The molecule has 0 bridgehead atoms. The predicted molar refractivity (Wildman–Crippen MR) is 80.6 cm³/mol. The third-order valence-electron chi connectivity index (χ3n) is 4.14. The van der Waals surface area contributed by atoms with Gasteiger partial charge in [-0.25, -0.2) is 4.79 Å². The molecule has 5 heteroatoms. The second-order valence-corrected chi connectivity index (χ2v) is 5.77. The fourth-order valence-corrected chi connectivity index (χ4v) is 3.10. The van der Waals surface area contributed by atoms with Gasteiger partial charge in [-0.05, 0) is 24.5 Å². The second kappa shape index (κ2) is 6.92. The van der Waals surface area contributed by atoms with Crippen molar-refractivity contribution in [2.24, 2.45) is 5.92 Å². The Morgan fingerprint density at radius 1 is 1.41 bits per heavy atom. The first kappa shape index (κ1) is 16.5. The highest BCUT2D eigenvalue weighted by atomic mass is 16.7. The molecule has 1 aliphatic heterocycles. The first-order valence-electron chi connectivity index (χ1n) is 7.58. The molecule has 1 aromatic rings. The molecule has 0 spiro atoms. The zero-order chi connectivity index (χ0) is 16.3. The van der Waals surface area contributed by atoms with Crippen LogP contribution in [0.15, 0.2) is 24.3 Å². The molecule has 0 saturated carbocycles. The lowest BCUT2D eigenvalue weighted by atomic mass is 9.85. The Morgan fingerprint density at radius 2 is 2.09 bits per heavy atom. The maximum absolute atomic E-state index is 11.4. The number of carbonyl (C=O) groups excluding carboxylic acids is 1. The van der Waals surface area contributed by atoms with Gasteiger partial charge in [-0.2, -0.15) is 0 Å². The minimum absolute atomic E-state index is 0.0321. The zero-order valence-corrected chi connectivity index (χ0v) is 13.1. The number of benzene rings is 1. The van der Waals surface area contributed by atoms with Crippen molar-refractivity contribution in [2.45, 2.75) is 51.9 Å². The Morgan fingerprint density at radius 3 is 2.68 bits per heavy atom. The topological polar surface area (TPSA) is 72.8 Å². The summed E-state index contributed by atoms with van der Waals surface area (Å²) in [6.45, 7) is 5.35. The lowest BCUT2D eigenvalue weighted by Crippen LogP contribution is -2.24. The van der Waals surface area contributed by atoms with E-state index in [1.165, 1.54) is 6.92 Å². The van der Waals surface area contributed by atoms with Gasteiger partial charge in [0.2, 0.25) is 6.29 Å². The first-order chi connectivity index (χ1) is 10.4. The summed E-state index contributed by atoms with van der Waals surface area (Å²) in [6, 6.07) is 7.01. The van der Waals surface area contributed by atoms with E-state index in [1.807, 2.05) is 26.0 Å². The van der Waals surface area contributed by atoms with Gasteiger partial charge in [0.1, 0.15) is 0 Å². The standard InChI is InChI=1S/C17H22O5/c1-4-12(13-7-5-6-8-14(13)16(19)20)15-9-10(2)17(22-15)21-11(3)18/h5-8,10,12,15,17H,4,9H2,1-3H3,(H,19,20)/t10-,12?,15+,17?/m1/s1. The Bertz CT molecular complexity index is 554. The van der Waals surface area contributed by atoms with Crippen molar-refractivity contribution in [3.63, 3.8) is 0 Å². The van der Waals surface area contributed by atoms with Crippen LogP contribution >= 0.6 is 0 Å². The quantitative estimate of drug-likeness (QED) is 0.846. The van der Waals surface area contributed by atoms with E-state index in [0.717, 1.165) is 18.4 Å². The molecule has 1 heterocycles. The number of rotatable bonds is 5. The largest absolute Gasteiger partial charge is 0.478 e. The summed E-state index contributed by atoms with van der Waals surface area (Å²) in [7, 11) is 0. The maximum Gasteiger partial charge on any atom is 0.335 e. The number of ether oxygens (including phenoxy) is 2. The van der Waals surface area contributed by atoms with Gasteiger partial charge in [-0.15, -0.1) is 0 Å².